The lowest BCUT2D eigenvalue weighted by molar-refractivity contribution is 0.590. The fraction of sp³-hybridized carbons (Fsp3) is 0.308. The topological polar surface area (TPSA) is 4.93 Å². The molecule has 0 amide bonds. The van der Waals surface area contributed by atoms with E-state index in [0.29, 0.717) is 0 Å². The molecule has 29 heavy (non-hydrogen) atoms. The van der Waals surface area contributed by atoms with Crippen LogP contribution >= 0.6 is 38.5 Å². The van der Waals surface area contributed by atoms with Crippen molar-refractivity contribution >= 4 is 60.3 Å². The minimum absolute atomic E-state index is 0.118. The molecule has 0 N–H and O–H groups in total. The van der Waals surface area contributed by atoms with Crippen molar-refractivity contribution in [3.8, 4) is 5.69 Å². The predicted octanol–water partition coefficient (Wildman–Crippen LogP) is 8.75. The summed E-state index contributed by atoms with van der Waals surface area (Å²) in [5.74, 6) is 0. The van der Waals surface area contributed by atoms with Crippen molar-refractivity contribution in [2.45, 2.75) is 52.4 Å². The van der Waals surface area contributed by atoms with E-state index in [1.165, 1.54) is 42.2 Å². The minimum Gasteiger partial charge on any atom is -0.308 e. The van der Waals surface area contributed by atoms with Crippen LogP contribution in [0.1, 0.15) is 52.7 Å². The van der Waals surface area contributed by atoms with Gasteiger partial charge in [0.2, 0.25) is 0 Å². The van der Waals surface area contributed by atoms with E-state index in [0.717, 1.165) is 4.47 Å². The third-order valence-corrected chi connectivity index (χ3v) is 8.14. The molecule has 0 bridgehead atoms. The van der Waals surface area contributed by atoms with Gasteiger partial charge in [-0.25, -0.2) is 0 Å². The lowest BCUT2D eigenvalue weighted by Gasteiger charge is -2.19. The molecular weight excluding hydrogens is 533 g/mol. The molecule has 3 aromatic carbocycles. The first kappa shape index (κ1) is 20.9. The molecule has 0 aliphatic heterocycles. The summed E-state index contributed by atoms with van der Waals surface area (Å²) in [5.41, 5.74) is 6.66. The van der Waals surface area contributed by atoms with E-state index in [2.05, 4.69) is 139 Å². The summed E-state index contributed by atoms with van der Waals surface area (Å²) in [4.78, 5) is 0. The summed E-state index contributed by atoms with van der Waals surface area (Å²) in [6.07, 6.45) is 0. The molecule has 0 aliphatic carbocycles. The second-order valence-corrected chi connectivity index (χ2v) is 11.8. The Morgan fingerprint density at radius 3 is 1.66 bits per heavy atom. The normalized spacial score (nSPS) is 12.8. The summed E-state index contributed by atoms with van der Waals surface area (Å²) in [7, 11) is 0. The molecule has 0 saturated heterocycles. The molecule has 1 aromatic heterocycles. The summed E-state index contributed by atoms with van der Waals surface area (Å²) in [6, 6.07) is 20.4. The largest absolute Gasteiger partial charge is 0.308 e. The molecular formula is C26H27BrIN. The highest BCUT2D eigenvalue weighted by molar-refractivity contribution is 14.1. The van der Waals surface area contributed by atoms with Gasteiger partial charge in [0.15, 0.2) is 0 Å². The molecule has 0 aliphatic rings. The number of rotatable bonds is 1. The molecule has 0 saturated carbocycles. The maximum absolute atomic E-state index is 3.84. The number of fused-ring (bicyclic) bond motifs is 3. The van der Waals surface area contributed by atoms with E-state index >= 15 is 0 Å². The molecule has 1 heterocycles. The Morgan fingerprint density at radius 2 is 1.21 bits per heavy atom. The van der Waals surface area contributed by atoms with Crippen LogP contribution in [0.2, 0.25) is 0 Å². The number of hydrogen-bond acceptors (Lipinski definition) is 0. The molecule has 1 nitrogen and oxygen atoms in total. The maximum atomic E-state index is 3.84. The number of nitrogens with zero attached hydrogens (tertiary/aromatic N) is 1. The van der Waals surface area contributed by atoms with E-state index < -0.39 is 0 Å². The monoisotopic (exact) mass is 559 g/mol. The van der Waals surface area contributed by atoms with Crippen LogP contribution in [0.4, 0.5) is 0 Å². The van der Waals surface area contributed by atoms with Crippen LogP contribution in [-0.4, -0.2) is 4.57 Å². The lowest BCUT2D eigenvalue weighted by atomic mass is 9.85. The lowest BCUT2D eigenvalue weighted by Crippen LogP contribution is -2.10. The smallest absolute Gasteiger partial charge is 0.0615 e. The first-order valence-corrected chi connectivity index (χ1v) is 11.9. The van der Waals surface area contributed by atoms with E-state index in [-0.39, 0.29) is 10.8 Å². The van der Waals surface area contributed by atoms with Crippen molar-refractivity contribution < 1.29 is 0 Å². The van der Waals surface area contributed by atoms with Gasteiger partial charge < -0.3 is 4.57 Å². The Kier molecular flexibility index (Phi) is 5.14. The molecule has 0 atom stereocenters. The molecule has 0 unspecified atom stereocenters. The van der Waals surface area contributed by atoms with Crippen molar-refractivity contribution in [3.63, 3.8) is 0 Å². The van der Waals surface area contributed by atoms with E-state index in [1.807, 2.05) is 0 Å². The molecule has 4 aromatic rings. The number of halogens is 2. The van der Waals surface area contributed by atoms with Gasteiger partial charge in [0.1, 0.15) is 0 Å². The third-order valence-electron chi connectivity index (χ3n) is 5.67. The van der Waals surface area contributed by atoms with Crippen LogP contribution in [0, 0.1) is 3.57 Å². The number of hydrogen-bond donors (Lipinski definition) is 0. The average molecular weight is 560 g/mol. The number of aromatic nitrogens is 1. The highest BCUT2D eigenvalue weighted by Gasteiger charge is 2.21. The first-order valence-electron chi connectivity index (χ1n) is 10.0. The molecule has 0 fully saturated rings. The molecule has 4 rings (SSSR count). The van der Waals surface area contributed by atoms with E-state index in [9.17, 15) is 0 Å². The Labute approximate surface area is 195 Å². The molecule has 3 heteroatoms. The van der Waals surface area contributed by atoms with Crippen LogP contribution in [0.15, 0.2) is 59.1 Å². The molecule has 0 radical (unpaired) electrons. The summed E-state index contributed by atoms with van der Waals surface area (Å²) in [6.45, 7) is 13.7. The number of benzene rings is 3. The highest BCUT2D eigenvalue weighted by atomic mass is 127. The summed E-state index contributed by atoms with van der Waals surface area (Å²) < 4.78 is 4.75. The SMILES string of the molecule is CC(C)(C)c1ccc2c(c1)c1cc(C(C)(C)C)ccc1n2-c1cccc(I)c1Br. The van der Waals surface area contributed by atoms with Gasteiger partial charge in [0.25, 0.3) is 0 Å². The van der Waals surface area contributed by atoms with Crippen molar-refractivity contribution in [2.75, 3.05) is 0 Å². The van der Waals surface area contributed by atoms with Gasteiger partial charge in [-0.05, 0) is 96.9 Å². The fourth-order valence-corrected chi connectivity index (χ4v) is 4.81. The quantitative estimate of drug-likeness (QED) is 0.205. The Bertz CT molecular complexity index is 1160. The fourth-order valence-electron chi connectivity index (χ4n) is 3.88. The van der Waals surface area contributed by atoms with Gasteiger partial charge in [0, 0.05) is 14.3 Å². The molecule has 150 valence electrons. The standard InChI is InChI=1S/C26H27BrIN/c1-25(2,3)16-10-12-21-18(14-16)19-15-17(26(4,5)6)11-13-22(19)29(21)23-9-7-8-20(28)24(23)27/h7-15H,1-6H3. The van der Waals surface area contributed by atoms with Gasteiger partial charge in [-0.1, -0.05) is 59.7 Å². The van der Waals surface area contributed by atoms with E-state index in [4.69, 9.17) is 0 Å². The van der Waals surface area contributed by atoms with Crippen molar-refractivity contribution in [3.05, 3.63) is 73.8 Å². The Balaban J connectivity index is 2.16. The summed E-state index contributed by atoms with van der Waals surface area (Å²) in [5, 5.41) is 2.65. The van der Waals surface area contributed by atoms with Gasteiger partial charge >= 0.3 is 0 Å². The van der Waals surface area contributed by atoms with Crippen LogP contribution in [-0.2, 0) is 10.8 Å². The zero-order chi connectivity index (χ0) is 21.1. The van der Waals surface area contributed by atoms with Crippen LogP contribution in [0.25, 0.3) is 27.5 Å². The van der Waals surface area contributed by atoms with Gasteiger partial charge in [-0.15, -0.1) is 0 Å². The van der Waals surface area contributed by atoms with Gasteiger partial charge in [0.05, 0.1) is 21.2 Å². The van der Waals surface area contributed by atoms with Gasteiger partial charge in [-0.2, -0.15) is 0 Å². The predicted molar refractivity (Wildman–Crippen MR) is 139 cm³/mol. The second kappa shape index (κ2) is 7.12. The van der Waals surface area contributed by atoms with Crippen molar-refractivity contribution in [1.82, 2.24) is 4.57 Å². The Hall–Kier alpha value is -1.33. The zero-order valence-electron chi connectivity index (χ0n) is 17.9. The van der Waals surface area contributed by atoms with Gasteiger partial charge in [-0.3, -0.25) is 0 Å². The minimum atomic E-state index is 0.118. The zero-order valence-corrected chi connectivity index (χ0v) is 21.6. The highest BCUT2D eigenvalue weighted by Crippen LogP contribution is 2.39. The van der Waals surface area contributed by atoms with Crippen molar-refractivity contribution in [1.29, 1.82) is 0 Å². The second-order valence-electron chi connectivity index (χ2n) is 9.87. The molecule has 0 spiro atoms. The van der Waals surface area contributed by atoms with E-state index in [1.54, 1.807) is 0 Å². The average Bonchev–Trinajstić information content (AvgIpc) is 2.95. The van der Waals surface area contributed by atoms with Crippen LogP contribution in [0.3, 0.4) is 0 Å². The summed E-state index contributed by atoms with van der Waals surface area (Å²) >= 11 is 6.23. The van der Waals surface area contributed by atoms with Crippen LogP contribution in [0.5, 0.6) is 0 Å². The third kappa shape index (κ3) is 3.65. The maximum Gasteiger partial charge on any atom is 0.0615 e. The first-order chi connectivity index (χ1) is 13.5. The van der Waals surface area contributed by atoms with Crippen molar-refractivity contribution in [2.24, 2.45) is 0 Å². The Morgan fingerprint density at radius 1 is 0.724 bits per heavy atom. The van der Waals surface area contributed by atoms with Crippen LogP contribution < -0.4 is 0 Å².